The minimum atomic E-state index is -0.194. The minimum absolute atomic E-state index is 0.123. The van der Waals surface area contributed by atoms with Gasteiger partial charge in [0.25, 0.3) is 5.91 Å². The molecule has 0 saturated carbocycles. The van der Waals surface area contributed by atoms with Crippen molar-refractivity contribution < 1.29 is 15.0 Å². The third-order valence-corrected chi connectivity index (χ3v) is 4.03. The summed E-state index contributed by atoms with van der Waals surface area (Å²) in [5.41, 5.74) is 2.49. The van der Waals surface area contributed by atoms with Crippen LogP contribution in [0.15, 0.2) is 29.6 Å². The summed E-state index contributed by atoms with van der Waals surface area (Å²) in [6.45, 7) is 2.13. The van der Waals surface area contributed by atoms with Gasteiger partial charge in [-0.1, -0.05) is 12.1 Å². The van der Waals surface area contributed by atoms with Crippen molar-refractivity contribution in [2.24, 2.45) is 0 Å². The average Bonchev–Trinajstić information content (AvgIpc) is 2.93. The van der Waals surface area contributed by atoms with Crippen molar-refractivity contribution in [1.29, 1.82) is 0 Å². The molecule has 1 heterocycles. The molecule has 1 aromatic heterocycles. The monoisotopic (exact) mass is 306 g/mol. The molecule has 2 N–H and O–H groups in total. The van der Waals surface area contributed by atoms with Gasteiger partial charge in [0.1, 0.15) is 5.01 Å². The lowest BCUT2D eigenvalue weighted by Crippen LogP contribution is -2.35. The summed E-state index contributed by atoms with van der Waals surface area (Å²) in [6, 6.07) is 7.22. The Bertz CT molecular complexity index is 589. The minimum Gasteiger partial charge on any atom is -0.395 e. The van der Waals surface area contributed by atoms with Gasteiger partial charge in [-0.15, -0.1) is 11.3 Å². The van der Waals surface area contributed by atoms with Crippen molar-refractivity contribution in [3.8, 4) is 10.6 Å². The van der Waals surface area contributed by atoms with Crippen LogP contribution < -0.4 is 0 Å². The topological polar surface area (TPSA) is 73.7 Å². The molecule has 2 rings (SSSR count). The van der Waals surface area contributed by atoms with E-state index in [1.54, 1.807) is 23.5 Å². The highest BCUT2D eigenvalue weighted by Gasteiger charge is 2.15. The van der Waals surface area contributed by atoms with E-state index in [-0.39, 0.29) is 32.2 Å². The molecule has 0 saturated heterocycles. The summed E-state index contributed by atoms with van der Waals surface area (Å²) < 4.78 is 0. The molecule has 0 unspecified atom stereocenters. The molecular weight excluding hydrogens is 288 g/mol. The molecule has 1 aromatic carbocycles. The van der Waals surface area contributed by atoms with Crippen molar-refractivity contribution in [3.05, 3.63) is 40.9 Å². The Morgan fingerprint density at radius 2 is 1.81 bits per heavy atom. The van der Waals surface area contributed by atoms with Crippen molar-refractivity contribution in [2.75, 3.05) is 26.3 Å². The number of hydrogen-bond acceptors (Lipinski definition) is 5. The highest BCUT2D eigenvalue weighted by atomic mass is 32.1. The predicted molar refractivity (Wildman–Crippen MR) is 82.4 cm³/mol. The predicted octanol–water partition coefficient (Wildman–Crippen LogP) is 1.55. The van der Waals surface area contributed by atoms with E-state index in [4.69, 9.17) is 10.2 Å². The van der Waals surface area contributed by atoms with Crippen LogP contribution in [0.1, 0.15) is 16.1 Å². The van der Waals surface area contributed by atoms with E-state index < -0.39 is 0 Å². The van der Waals surface area contributed by atoms with Gasteiger partial charge in [0.15, 0.2) is 0 Å². The van der Waals surface area contributed by atoms with Gasteiger partial charge in [-0.2, -0.15) is 0 Å². The largest absolute Gasteiger partial charge is 0.395 e. The first-order valence-electron chi connectivity index (χ1n) is 6.69. The SMILES string of the molecule is Cc1csc(-c2ccc(C(=O)N(CCO)CCO)cc2)n1. The number of benzene rings is 1. The number of aliphatic hydroxyl groups excluding tert-OH is 2. The van der Waals surface area contributed by atoms with E-state index in [0.29, 0.717) is 5.56 Å². The fraction of sp³-hybridized carbons (Fsp3) is 0.333. The summed E-state index contributed by atoms with van der Waals surface area (Å²) in [5.74, 6) is -0.194. The highest BCUT2D eigenvalue weighted by molar-refractivity contribution is 7.13. The van der Waals surface area contributed by atoms with E-state index in [1.807, 2.05) is 24.4 Å². The number of nitrogens with zero attached hydrogens (tertiary/aromatic N) is 2. The van der Waals surface area contributed by atoms with Crippen LogP contribution in [0.25, 0.3) is 10.6 Å². The Kier molecular flexibility index (Phi) is 5.44. The van der Waals surface area contributed by atoms with Gasteiger partial charge in [0.2, 0.25) is 0 Å². The average molecular weight is 306 g/mol. The maximum absolute atomic E-state index is 12.3. The molecule has 5 nitrogen and oxygen atoms in total. The van der Waals surface area contributed by atoms with Gasteiger partial charge < -0.3 is 15.1 Å². The maximum atomic E-state index is 12.3. The summed E-state index contributed by atoms with van der Waals surface area (Å²) in [4.78, 5) is 18.1. The van der Waals surface area contributed by atoms with E-state index >= 15 is 0 Å². The summed E-state index contributed by atoms with van der Waals surface area (Å²) in [6.07, 6.45) is 0. The van der Waals surface area contributed by atoms with Crippen LogP contribution in [0.5, 0.6) is 0 Å². The molecule has 0 radical (unpaired) electrons. The smallest absolute Gasteiger partial charge is 0.254 e. The normalized spacial score (nSPS) is 10.6. The number of carbonyl (C=O) groups is 1. The zero-order valence-corrected chi connectivity index (χ0v) is 12.6. The molecule has 0 atom stereocenters. The van der Waals surface area contributed by atoms with E-state index in [2.05, 4.69) is 4.98 Å². The number of carbonyl (C=O) groups excluding carboxylic acids is 1. The zero-order valence-electron chi connectivity index (χ0n) is 11.8. The Balaban J connectivity index is 2.15. The third-order valence-electron chi connectivity index (χ3n) is 3.02. The van der Waals surface area contributed by atoms with Crippen LogP contribution in [-0.2, 0) is 0 Å². The zero-order chi connectivity index (χ0) is 15.2. The molecule has 0 aliphatic heterocycles. The van der Waals surface area contributed by atoms with E-state index in [1.165, 1.54) is 4.90 Å². The van der Waals surface area contributed by atoms with Gasteiger partial charge in [-0.25, -0.2) is 4.98 Å². The molecule has 21 heavy (non-hydrogen) atoms. The number of aromatic nitrogens is 1. The number of amides is 1. The van der Waals surface area contributed by atoms with Crippen LogP contribution in [0.3, 0.4) is 0 Å². The molecule has 0 fully saturated rings. The van der Waals surface area contributed by atoms with Gasteiger partial charge in [0, 0.05) is 35.3 Å². The Morgan fingerprint density at radius 1 is 1.19 bits per heavy atom. The van der Waals surface area contributed by atoms with Crippen molar-refractivity contribution in [1.82, 2.24) is 9.88 Å². The number of hydrogen-bond donors (Lipinski definition) is 2. The summed E-state index contributed by atoms with van der Waals surface area (Å²) in [7, 11) is 0. The second kappa shape index (κ2) is 7.31. The van der Waals surface area contributed by atoms with Crippen LogP contribution in [0.4, 0.5) is 0 Å². The van der Waals surface area contributed by atoms with Gasteiger partial charge in [-0.3, -0.25) is 4.79 Å². The number of rotatable bonds is 6. The molecule has 0 bridgehead atoms. The van der Waals surface area contributed by atoms with E-state index in [0.717, 1.165) is 16.3 Å². The van der Waals surface area contributed by atoms with Crippen LogP contribution in [0.2, 0.25) is 0 Å². The van der Waals surface area contributed by atoms with Crippen LogP contribution >= 0.6 is 11.3 Å². The lowest BCUT2D eigenvalue weighted by Gasteiger charge is -2.20. The Morgan fingerprint density at radius 3 is 2.29 bits per heavy atom. The molecule has 2 aromatic rings. The highest BCUT2D eigenvalue weighted by Crippen LogP contribution is 2.23. The summed E-state index contributed by atoms with van der Waals surface area (Å²) in [5, 5.41) is 20.9. The number of thiazole rings is 1. The van der Waals surface area contributed by atoms with Crippen molar-refractivity contribution >= 4 is 17.2 Å². The van der Waals surface area contributed by atoms with Gasteiger partial charge >= 0.3 is 0 Å². The molecule has 6 heteroatoms. The molecule has 112 valence electrons. The lowest BCUT2D eigenvalue weighted by molar-refractivity contribution is 0.0685. The second-order valence-corrected chi connectivity index (χ2v) is 5.47. The van der Waals surface area contributed by atoms with Gasteiger partial charge in [0.05, 0.1) is 13.2 Å². The first-order chi connectivity index (χ1) is 10.2. The maximum Gasteiger partial charge on any atom is 0.254 e. The Hall–Kier alpha value is -1.76. The fourth-order valence-electron chi connectivity index (χ4n) is 1.98. The van der Waals surface area contributed by atoms with Crippen molar-refractivity contribution in [3.63, 3.8) is 0 Å². The van der Waals surface area contributed by atoms with Crippen molar-refractivity contribution in [2.45, 2.75) is 6.92 Å². The first kappa shape index (κ1) is 15.6. The molecule has 0 spiro atoms. The van der Waals surface area contributed by atoms with Crippen LogP contribution in [-0.4, -0.2) is 52.3 Å². The second-order valence-electron chi connectivity index (χ2n) is 4.61. The number of aryl methyl sites for hydroxylation is 1. The van der Waals surface area contributed by atoms with Crippen LogP contribution in [0, 0.1) is 6.92 Å². The standard InChI is InChI=1S/C15H18N2O3S/c1-11-10-21-14(16-11)12-2-4-13(5-3-12)15(20)17(6-8-18)7-9-19/h2-5,10,18-19H,6-9H2,1H3. The van der Waals surface area contributed by atoms with Gasteiger partial charge in [-0.05, 0) is 19.1 Å². The summed E-state index contributed by atoms with van der Waals surface area (Å²) >= 11 is 1.57. The lowest BCUT2D eigenvalue weighted by atomic mass is 10.1. The molecule has 1 amide bonds. The fourth-order valence-corrected chi connectivity index (χ4v) is 2.78. The molecular formula is C15H18N2O3S. The van der Waals surface area contributed by atoms with E-state index in [9.17, 15) is 4.79 Å². The molecule has 0 aliphatic rings. The Labute approximate surface area is 127 Å². The number of aliphatic hydroxyl groups is 2. The quantitative estimate of drug-likeness (QED) is 0.849. The molecule has 0 aliphatic carbocycles. The first-order valence-corrected chi connectivity index (χ1v) is 7.57. The third kappa shape index (κ3) is 3.87.